The summed E-state index contributed by atoms with van der Waals surface area (Å²) in [5.41, 5.74) is 1.09. The molecule has 0 saturated carbocycles. The molecule has 2 heterocycles. The van der Waals surface area contributed by atoms with Crippen molar-refractivity contribution < 1.29 is 50.2 Å². The smallest absolute Gasteiger partial charge is 0.416 e. The molecule has 0 N–H and O–H groups in total. The van der Waals surface area contributed by atoms with Crippen molar-refractivity contribution >= 4 is 56.5 Å². The van der Waals surface area contributed by atoms with E-state index < -0.39 is 35.4 Å². The molecule has 2 aromatic heterocycles. The molecule has 0 amide bonds. The van der Waals surface area contributed by atoms with Crippen molar-refractivity contribution in [2.75, 3.05) is 14.2 Å². The van der Waals surface area contributed by atoms with Gasteiger partial charge in [-0.05, 0) is 46.5 Å². The van der Waals surface area contributed by atoms with E-state index in [9.17, 15) is 40.7 Å². The monoisotopic (exact) mass is 804 g/mol. The zero-order valence-electron chi connectivity index (χ0n) is 26.8. The maximum Gasteiger partial charge on any atom is 0.416 e. The Morgan fingerprint density at radius 1 is 0.640 bits per heavy atom. The summed E-state index contributed by atoms with van der Waals surface area (Å²) in [5, 5.41) is 0.414. The summed E-state index contributed by atoms with van der Waals surface area (Å²) in [4.78, 5) is 41.2. The first-order valence-corrected chi connectivity index (χ1v) is 17.5. The Kier molecular flexibility index (Phi) is 17.5. The number of alkyl halides is 7. The van der Waals surface area contributed by atoms with Crippen molar-refractivity contribution in [1.82, 2.24) is 9.97 Å². The largest absolute Gasteiger partial charge is 0.464 e. The van der Waals surface area contributed by atoms with E-state index in [0.29, 0.717) is 22.3 Å². The predicted octanol–water partition coefficient (Wildman–Crippen LogP) is 9.57. The minimum atomic E-state index is -4.37. The summed E-state index contributed by atoms with van der Waals surface area (Å²) >= 11 is 5.42. The zero-order valence-corrected chi connectivity index (χ0v) is 30.0. The van der Waals surface area contributed by atoms with E-state index >= 15 is 0 Å². The molecule has 4 rings (SSSR count). The van der Waals surface area contributed by atoms with Crippen LogP contribution in [0, 0.1) is 0 Å². The minimum absolute atomic E-state index is 0.0605. The number of ether oxygens (including phenoxy) is 2. The van der Waals surface area contributed by atoms with E-state index in [1.807, 2.05) is 6.07 Å². The van der Waals surface area contributed by atoms with E-state index in [0.717, 1.165) is 29.5 Å². The molecule has 0 saturated heterocycles. The maximum atomic E-state index is 12.9. The summed E-state index contributed by atoms with van der Waals surface area (Å²) in [6, 6.07) is 17.7. The average Bonchev–Trinajstić information content (AvgIpc) is 3.10. The highest BCUT2D eigenvalue weighted by Crippen LogP contribution is 2.35. The summed E-state index contributed by atoms with van der Waals surface area (Å²) in [6.07, 6.45) is -5.69. The highest BCUT2D eigenvalue weighted by molar-refractivity contribution is 9.08. The summed E-state index contributed by atoms with van der Waals surface area (Å²) in [7, 11) is 2.60. The lowest BCUT2D eigenvalue weighted by atomic mass is 10.1. The van der Waals surface area contributed by atoms with Crippen LogP contribution in [0.25, 0.3) is 0 Å². The molecule has 4 aromatic rings. The van der Waals surface area contributed by atoms with Crippen LogP contribution in [0.2, 0.25) is 0 Å². The van der Waals surface area contributed by atoms with Gasteiger partial charge in [-0.2, -0.15) is 38.1 Å². The number of hydrogen-bond acceptors (Lipinski definition) is 9. The lowest BCUT2D eigenvalue weighted by molar-refractivity contribution is -0.138. The van der Waals surface area contributed by atoms with Gasteiger partial charge in [0.25, 0.3) is 0 Å². The Morgan fingerprint density at radius 3 is 1.48 bits per heavy atom. The van der Waals surface area contributed by atoms with Crippen molar-refractivity contribution in [3.8, 4) is 0 Å². The van der Waals surface area contributed by atoms with Gasteiger partial charge in [0.2, 0.25) is 0 Å². The minimum Gasteiger partial charge on any atom is -0.464 e. The van der Waals surface area contributed by atoms with E-state index in [1.54, 1.807) is 30.5 Å². The van der Waals surface area contributed by atoms with Gasteiger partial charge < -0.3 is 9.47 Å². The predicted molar refractivity (Wildman–Crippen MR) is 184 cm³/mol. The van der Waals surface area contributed by atoms with E-state index in [-0.39, 0.29) is 33.4 Å². The topological polar surface area (TPSA) is 95.5 Å². The molecule has 7 nitrogen and oxygen atoms in total. The van der Waals surface area contributed by atoms with Crippen LogP contribution < -0.4 is 0 Å². The highest BCUT2D eigenvalue weighted by atomic mass is 79.9. The lowest BCUT2D eigenvalue weighted by Crippen LogP contribution is -2.09. The molecule has 0 radical (unpaired) electrons. The first kappa shape index (κ1) is 42.3. The molecule has 0 atom stereocenters. The number of carbonyl (C=O) groups excluding carboxylic acids is 3. The van der Waals surface area contributed by atoms with Gasteiger partial charge in [0.15, 0.2) is 16.5 Å². The van der Waals surface area contributed by atoms with Gasteiger partial charge in [-0.1, -0.05) is 76.2 Å². The number of thioether (sulfide) groups is 2. The Morgan fingerprint density at radius 2 is 1.04 bits per heavy atom. The van der Waals surface area contributed by atoms with Crippen molar-refractivity contribution in [2.24, 2.45) is 0 Å². The van der Waals surface area contributed by atoms with Gasteiger partial charge in [-0.15, -0.1) is 0 Å². The van der Waals surface area contributed by atoms with E-state index in [4.69, 9.17) is 0 Å². The van der Waals surface area contributed by atoms with Crippen molar-refractivity contribution in [3.63, 3.8) is 0 Å². The second kappa shape index (κ2) is 20.7. The molecule has 0 unspecified atom stereocenters. The molecule has 0 aliphatic rings. The molecule has 0 spiro atoms. The van der Waals surface area contributed by atoms with Crippen LogP contribution in [-0.4, -0.2) is 41.2 Å². The first-order chi connectivity index (χ1) is 23.6. The number of aromatic nitrogens is 2. The number of halogens is 7. The van der Waals surface area contributed by atoms with Gasteiger partial charge in [0.05, 0.1) is 25.3 Å². The van der Waals surface area contributed by atoms with Crippen LogP contribution in [0.3, 0.4) is 0 Å². The summed E-state index contributed by atoms with van der Waals surface area (Å²) in [5.74, 6) is -0.345. The van der Waals surface area contributed by atoms with Gasteiger partial charge in [0.1, 0.15) is 0 Å². The van der Waals surface area contributed by atoms with Crippen LogP contribution >= 0.6 is 39.5 Å². The number of carbonyl (C=O) groups is 3. The number of rotatable bonds is 9. The Hall–Kier alpha value is -3.89. The number of esters is 2. The first-order valence-electron chi connectivity index (χ1n) is 14.3. The Balaban J connectivity index is 0.000000278. The van der Waals surface area contributed by atoms with Gasteiger partial charge in [-0.3, -0.25) is 4.79 Å². The normalized spacial score (nSPS) is 10.9. The lowest BCUT2D eigenvalue weighted by Gasteiger charge is -2.12. The quantitative estimate of drug-likeness (QED) is 0.0932. The molecular formula is C34H31BrF6N2O5S2. The third-order valence-electron chi connectivity index (χ3n) is 6.28. The third kappa shape index (κ3) is 13.8. The van der Waals surface area contributed by atoms with E-state index in [1.165, 1.54) is 69.4 Å². The van der Waals surface area contributed by atoms with Crippen molar-refractivity contribution in [2.45, 2.75) is 41.9 Å². The number of methoxy groups -OCH3 is 2. The van der Waals surface area contributed by atoms with Crippen LogP contribution in [0.1, 0.15) is 61.3 Å². The number of hydrogen-bond donors (Lipinski definition) is 0. The number of pyridine rings is 2. The molecule has 0 bridgehead atoms. The molecule has 268 valence electrons. The molecule has 0 fully saturated rings. The van der Waals surface area contributed by atoms with Crippen LogP contribution in [0.4, 0.5) is 26.3 Å². The standard InChI is InChI=1S/C16H14F3NO2S.C10H9F3OS.C8H8BrNO2/c1-22-15(21)14-12(6-4-8-20-14)10-23-9-11-5-2-3-7-13(11)16(17,18)19;1-7(14)15-6-8-4-2-3-5-9(8)10(11,12)13;1-12-8(11)7-6(5-9)3-2-4-10-7/h2-8H,9-10H2,1H3;2-5H,6H2,1H3;2-4H,5H2,1H3. The fourth-order valence-corrected chi connectivity index (χ4v) is 6.05. The van der Waals surface area contributed by atoms with Gasteiger partial charge in [-0.25, -0.2) is 19.6 Å². The van der Waals surface area contributed by atoms with Crippen LogP contribution in [0.15, 0.2) is 85.2 Å². The zero-order chi connectivity index (χ0) is 37.3. The number of benzene rings is 2. The summed E-state index contributed by atoms with van der Waals surface area (Å²) in [6.45, 7) is 1.33. The highest BCUT2D eigenvalue weighted by Gasteiger charge is 2.33. The van der Waals surface area contributed by atoms with Crippen LogP contribution in [-0.2, 0) is 49.2 Å². The molecule has 2 aromatic carbocycles. The maximum absolute atomic E-state index is 12.9. The van der Waals surface area contributed by atoms with Crippen molar-refractivity contribution in [3.05, 3.63) is 130 Å². The number of nitrogens with zero attached hydrogens (tertiary/aromatic N) is 2. The molecular weight excluding hydrogens is 774 g/mol. The van der Waals surface area contributed by atoms with Crippen molar-refractivity contribution in [1.29, 1.82) is 0 Å². The molecule has 0 aliphatic heterocycles. The van der Waals surface area contributed by atoms with Crippen LogP contribution in [0.5, 0.6) is 0 Å². The Labute approximate surface area is 301 Å². The second-order valence-corrected chi connectivity index (χ2v) is 12.4. The fourth-order valence-electron chi connectivity index (χ4n) is 3.96. The third-order valence-corrected chi connectivity index (χ3v) is 8.77. The van der Waals surface area contributed by atoms with E-state index in [2.05, 4.69) is 35.4 Å². The average molecular weight is 806 g/mol. The molecule has 50 heavy (non-hydrogen) atoms. The summed E-state index contributed by atoms with van der Waals surface area (Å²) < 4.78 is 85.4. The van der Waals surface area contributed by atoms with Gasteiger partial charge in [0, 0.05) is 41.9 Å². The molecule has 0 aliphatic carbocycles. The molecule has 16 heteroatoms. The SMILES string of the molecule is CC(=O)SCc1ccccc1C(F)(F)F.COC(=O)c1ncccc1CBr.COC(=O)c1ncccc1CSCc1ccccc1C(F)(F)F. The Bertz CT molecular complexity index is 1720. The van der Waals surface area contributed by atoms with Gasteiger partial charge >= 0.3 is 24.3 Å². The fraction of sp³-hybridized carbons (Fsp3) is 0.265. The second-order valence-electron chi connectivity index (χ2n) is 9.72.